The summed E-state index contributed by atoms with van der Waals surface area (Å²) in [6, 6.07) is 10.7. The molecule has 1 amide bonds. The molecular formula is C18H22N2O2. The van der Waals surface area contributed by atoms with Crippen molar-refractivity contribution in [2.24, 2.45) is 5.92 Å². The lowest BCUT2D eigenvalue weighted by Crippen LogP contribution is -2.35. The molecule has 2 aromatic rings. The second kappa shape index (κ2) is 5.95. The molecule has 1 heterocycles. The van der Waals surface area contributed by atoms with Crippen molar-refractivity contribution in [3.8, 4) is 0 Å². The van der Waals surface area contributed by atoms with Crippen molar-refractivity contribution in [3.05, 3.63) is 52.9 Å². The van der Waals surface area contributed by atoms with Crippen molar-refractivity contribution in [1.29, 1.82) is 0 Å². The Morgan fingerprint density at radius 1 is 1.36 bits per heavy atom. The topological polar surface area (TPSA) is 55.1 Å². The lowest BCUT2D eigenvalue weighted by atomic mass is 10.1. The molecule has 1 saturated carbocycles. The highest BCUT2D eigenvalue weighted by atomic mass is 16.5. The van der Waals surface area contributed by atoms with Crippen molar-refractivity contribution in [1.82, 2.24) is 10.5 Å². The normalized spacial score (nSPS) is 21.4. The predicted octanol–water partition coefficient (Wildman–Crippen LogP) is 3.14. The Balaban J connectivity index is 1.55. The third-order valence-corrected chi connectivity index (χ3v) is 4.62. The van der Waals surface area contributed by atoms with Crippen LogP contribution in [0.2, 0.25) is 0 Å². The average molecular weight is 298 g/mol. The molecule has 0 saturated heterocycles. The zero-order valence-corrected chi connectivity index (χ0v) is 13.3. The van der Waals surface area contributed by atoms with Gasteiger partial charge in [-0.25, -0.2) is 0 Å². The van der Waals surface area contributed by atoms with Crippen LogP contribution in [0.15, 0.2) is 34.9 Å². The first-order chi connectivity index (χ1) is 10.6. The molecule has 1 aliphatic rings. The van der Waals surface area contributed by atoms with Crippen LogP contribution in [0, 0.1) is 19.8 Å². The zero-order chi connectivity index (χ0) is 15.7. The molecule has 0 bridgehead atoms. The molecule has 3 rings (SSSR count). The Kier molecular flexibility index (Phi) is 4.01. The highest BCUT2D eigenvalue weighted by Gasteiger charge is 2.42. The molecule has 0 radical (unpaired) electrons. The number of aryl methyl sites for hydroxylation is 2. The molecule has 0 aliphatic heterocycles. The summed E-state index contributed by atoms with van der Waals surface area (Å²) < 4.78 is 5.11. The van der Waals surface area contributed by atoms with E-state index in [4.69, 9.17) is 4.52 Å². The number of amides is 1. The number of aromatic nitrogens is 1. The van der Waals surface area contributed by atoms with Crippen LogP contribution in [0.25, 0.3) is 0 Å². The summed E-state index contributed by atoms with van der Waals surface area (Å²) in [5.41, 5.74) is 3.08. The lowest BCUT2D eigenvalue weighted by Gasteiger charge is -2.14. The first-order valence-corrected chi connectivity index (χ1v) is 7.82. The summed E-state index contributed by atoms with van der Waals surface area (Å²) in [6.45, 7) is 5.81. The van der Waals surface area contributed by atoms with Gasteiger partial charge in [-0.2, -0.15) is 0 Å². The van der Waals surface area contributed by atoms with E-state index in [2.05, 4.69) is 41.7 Å². The molecule has 0 unspecified atom stereocenters. The van der Waals surface area contributed by atoms with E-state index < -0.39 is 0 Å². The summed E-state index contributed by atoms with van der Waals surface area (Å²) in [6.07, 6.45) is 1.49. The van der Waals surface area contributed by atoms with E-state index in [0.29, 0.717) is 18.3 Å². The van der Waals surface area contributed by atoms with E-state index >= 15 is 0 Å². The first-order valence-electron chi connectivity index (χ1n) is 7.82. The Bertz CT molecular complexity index is 643. The highest BCUT2D eigenvalue weighted by Crippen LogP contribution is 2.49. The number of nitrogens with one attached hydrogen (secondary N) is 1. The molecular weight excluding hydrogens is 276 g/mol. The quantitative estimate of drug-likeness (QED) is 0.922. The monoisotopic (exact) mass is 298 g/mol. The molecule has 116 valence electrons. The largest absolute Gasteiger partial charge is 0.361 e. The molecule has 22 heavy (non-hydrogen) atoms. The van der Waals surface area contributed by atoms with E-state index in [1.807, 2.05) is 19.9 Å². The van der Waals surface area contributed by atoms with E-state index in [1.165, 1.54) is 5.56 Å². The standard InChI is InChI=1S/C18H22N2O2/c1-11(16-9-17(16)14-7-5-4-6-8-14)19-18(21)10-15-12(2)20-22-13(15)3/h4-8,11,16-17H,9-10H2,1-3H3,(H,19,21)/t11-,16+,17-/m1/s1. The molecule has 3 atom stereocenters. The van der Waals surface area contributed by atoms with Gasteiger partial charge in [0.05, 0.1) is 12.1 Å². The van der Waals surface area contributed by atoms with Gasteiger partial charge in [0.15, 0.2) is 0 Å². The van der Waals surface area contributed by atoms with E-state index in [9.17, 15) is 4.79 Å². The number of carbonyl (C=O) groups excluding carboxylic acids is 1. The summed E-state index contributed by atoms with van der Waals surface area (Å²) in [4.78, 5) is 12.2. The molecule has 1 aliphatic carbocycles. The summed E-state index contributed by atoms with van der Waals surface area (Å²) in [5, 5.41) is 7.02. The average Bonchev–Trinajstić information content (AvgIpc) is 3.26. The van der Waals surface area contributed by atoms with Crippen LogP contribution >= 0.6 is 0 Å². The number of hydrogen-bond donors (Lipinski definition) is 1. The number of rotatable bonds is 5. The van der Waals surface area contributed by atoms with Crippen LogP contribution < -0.4 is 5.32 Å². The molecule has 4 heteroatoms. The maximum absolute atomic E-state index is 12.2. The van der Waals surface area contributed by atoms with Gasteiger partial charge in [-0.15, -0.1) is 0 Å². The molecule has 1 aromatic heterocycles. The minimum atomic E-state index is 0.0422. The Morgan fingerprint density at radius 3 is 2.73 bits per heavy atom. The maximum atomic E-state index is 12.2. The predicted molar refractivity (Wildman–Crippen MR) is 84.6 cm³/mol. The number of benzene rings is 1. The van der Waals surface area contributed by atoms with Crippen LogP contribution in [0.4, 0.5) is 0 Å². The molecule has 4 nitrogen and oxygen atoms in total. The summed E-state index contributed by atoms with van der Waals surface area (Å²) >= 11 is 0. The van der Waals surface area contributed by atoms with Gasteiger partial charge in [0.1, 0.15) is 5.76 Å². The Morgan fingerprint density at radius 2 is 2.09 bits per heavy atom. The Labute approximate surface area is 130 Å². The zero-order valence-electron chi connectivity index (χ0n) is 13.3. The first kappa shape index (κ1) is 14.8. The molecule has 1 N–H and O–H groups in total. The minimum absolute atomic E-state index is 0.0422. The Hall–Kier alpha value is -2.10. The van der Waals surface area contributed by atoms with E-state index in [0.717, 1.165) is 23.4 Å². The SMILES string of the molecule is Cc1noc(C)c1CC(=O)N[C@H](C)[C@@H]1C[C@@H]1c1ccccc1. The van der Waals surface area contributed by atoms with Crippen LogP contribution in [-0.4, -0.2) is 17.1 Å². The van der Waals surface area contributed by atoms with Crippen molar-refractivity contribution in [2.45, 2.75) is 45.6 Å². The van der Waals surface area contributed by atoms with E-state index in [1.54, 1.807) is 0 Å². The van der Waals surface area contributed by atoms with Gasteiger partial charge in [-0.05, 0) is 44.6 Å². The lowest BCUT2D eigenvalue weighted by molar-refractivity contribution is -0.121. The fraction of sp³-hybridized carbons (Fsp3) is 0.444. The van der Waals surface area contributed by atoms with Gasteiger partial charge in [-0.3, -0.25) is 4.79 Å². The third kappa shape index (κ3) is 3.06. The second-order valence-corrected chi connectivity index (χ2v) is 6.25. The van der Waals surface area contributed by atoms with Crippen molar-refractivity contribution >= 4 is 5.91 Å². The smallest absolute Gasteiger partial charge is 0.224 e. The highest BCUT2D eigenvalue weighted by molar-refractivity contribution is 5.79. The third-order valence-electron chi connectivity index (χ3n) is 4.62. The minimum Gasteiger partial charge on any atom is -0.361 e. The van der Waals surface area contributed by atoms with Gasteiger partial charge < -0.3 is 9.84 Å². The van der Waals surface area contributed by atoms with Crippen molar-refractivity contribution in [2.75, 3.05) is 0 Å². The van der Waals surface area contributed by atoms with E-state index in [-0.39, 0.29) is 11.9 Å². The van der Waals surface area contributed by atoms with Gasteiger partial charge in [-0.1, -0.05) is 35.5 Å². The summed E-state index contributed by atoms with van der Waals surface area (Å²) in [5.74, 6) is 1.89. The molecule has 1 aromatic carbocycles. The maximum Gasteiger partial charge on any atom is 0.224 e. The van der Waals surface area contributed by atoms with Crippen LogP contribution in [0.5, 0.6) is 0 Å². The van der Waals surface area contributed by atoms with Gasteiger partial charge in [0, 0.05) is 11.6 Å². The fourth-order valence-corrected chi connectivity index (χ4v) is 3.18. The van der Waals surface area contributed by atoms with Crippen LogP contribution in [0.3, 0.4) is 0 Å². The number of nitrogens with zero attached hydrogens (tertiary/aromatic N) is 1. The number of hydrogen-bond acceptors (Lipinski definition) is 3. The molecule has 1 fully saturated rings. The van der Waals surface area contributed by atoms with Crippen LogP contribution in [0.1, 0.15) is 41.8 Å². The van der Waals surface area contributed by atoms with Gasteiger partial charge >= 0.3 is 0 Å². The van der Waals surface area contributed by atoms with Crippen LogP contribution in [-0.2, 0) is 11.2 Å². The fourth-order valence-electron chi connectivity index (χ4n) is 3.18. The summed E-state index contributed by atoms with van der Waals surface area (Å²) in [7, 11) is 0. The van der Waals surface area contributed by atoms with Crippen molar-refractivity contribution < 1.29 is 9.32 Å². The molecule has 0 spiro atoms. The van der Waals surface area contributed by atoms with Gasteiger partial charge in [0.2, 0.25) is 5.91 Å². The van der Waals surface area contributed by atoms with Crippen molar-refractivity contribution in [3.63, 3.8) is 0 Å². The second-order valence-electron chi connectivity index (χ2n) is 6.25. The number of carbonyl (C=O) groups is 1. The van der Waals surface area contributed by atoms with Gasteiger partial charge in [0.25, 0.3) is 0 Å².